The first-order chi connectivity index (χ1) is 9.40. The van der Waals surface area contributed by atoms with Crippen LogP contribution in [0.15, 0.2) is 18.3 Å². The number of nitrogens with one attached hydrogen (secondary N) is 1. The van der Waals surface area contributed by atoms with Crippen LogP contribution in [-0.2, 0) is 4.79 Å². The second-order valence-corrected chi connectivity index (χ2v) is 3.81. The molecule has 0 radical (unpaired) electrons. The quantitative estimate of drug-likeness (QED) is 0.681. The lowest BCUT2D eigenvalue weighted by Gasteiger charge is -2.07. The van der Waals surface area contributed by atoms with Gasteiger partial charge in [-0.05, 0) is 12.1 Å². The molecule has 4 nitrogen and oxygen atoms in total. The van der Waals surface area contributed by atoms with Crippen molar-refractivity contribution in [1.29, 1.82) is 0 Å². The molecule has 0 atom stereocenters. The number of nitrogens with zero attached hydrogens (tertiary/aromatic N) is 2. The first-order valence-corrected chi connectivity index (χ1v) is 5.34. The minimum Gasteiger partial charge on any atom is -0.311 e. The average molecular weight is 285 g/mol. The highest BCUT2D eigenvalue weighted by molar-refractivity contribution is 5.87. The monoisotopic (exact) mass is 285 g/mol. The van der Waals surface area contributed by atoms with E-state index in [-0.39, 0.29) is 17.3 Å². The summed E-state index contributed by atoms with van der Waals surface area (Å²) >= 11 is 0. The Morgan fingerprint density at radius 3 is 2.15 bits per heavy atom. The summed E-state index contributed by atoms with van der Waals surface area (Å²) in [6, 6.07) is 2.41. The number of carbonyl (C=O) groups is 1. The molecule has 20 heavy (non-hydrogen) atoms. The molecule has 2 aromatic heterocycles. The summed E-state index contributed by atoms with van der Waals surface area (Å²) in [7, 11) is 0. The molecule has 2 heterocycles. The van der Waals surface area contributed by atoms with E-state index in [9.17, 15) is 22.4 Å². The highest BCUT2D eigenvalue weighted by atomic mass is 19.2. The van der Waals surface area contributed by atoms with Gasteiger partial charge in [0, 0.05) is 18.7 Å². The van der Waals surface area contributed by atoms with Gasteiger partial charge >= 0.3 is 0 Å². The van der Waals surface area contributed by atoms with Gasteiger partial charge < -0.3 is 5.32 Å². The van der Waals surface area contributed by atoms with Gasteiger partial charge in [0.25, 0.3) is 11.9 Å². The van der Waals surface area contributed by atoms with E-state index >= 15 is 0 Å². The maximum atomic E-state index is 13.5. The highest BCUT2D eigenvalue weighted by Crippen LogP contribution is 2.28. The largest absolute Gasteiger partial charge is 0.311 e. The lowest BCUT2D eigenvalue weighted by atomic mass is 10.1. The molecule has 0 unspecified atom stereocenters. The molecule has 0 spiro atoms. The normalized spacial score (nSPS) is 10.4. The molecule has 0 aliphatic carbocycles. The number of rotatable bonds is 2. The molecule has 1 N–H and O–H groups in total. The van der Waals surface area contributed by atoms with Crippen molar-refractivity contribution in [1.82, 2.24) is 9.97 Å². The molecule has 0 bridgehead atoms. The summed E-state index contributed by atoms with van der Waals surface area (Å²) in [5, 5.41) is 2.34. The highest BCUT2D eigenvalue weighted by Gasteiger charge is 2.22. The first-order valence-electron chi connectivity index (χ1n) is 5.34. The van der Waals surface area contributed by atoms with E-state index in [2.05, 4.69) is 15.3 Å². The summed E-state index contributed by atoms with van der Waals surface area (Å²) < 4.78 is 53.0. The van der Waals surface area contributed by atoms with E-state index < -0.39 is 29.1 Å². The molecule has 2 rings (SSSR count). The van der Waals surface area contributed by atoms with Crippen molar-refractivity contribution in [2.75, 3.05) is 5.32 Å². The summed E-state index contributed by atoms with van der Waals surface area (Å²) in [5.41, 5.74) is -1.09. The van der Waals surface area contributed by atoms with Crippen LogP contribution in [-0.4, -0.2) is 15.9 Å². The van der Waals surface area contributed by atoms with Crippen LogP contribution in [0.5, 0.6) is 0 Å². The molecule has 0 aromatic carbocycles. The lowest BCUT2D eigenvalue weighted by Crippen LogP contribution is -2.07. The first kappa shape index (κ1) is 13.9. The van der Waals surface area contributed by atoms with Crippen molar-refractivity contribution in [2.24, 2.45) is 0 Å². The van der Waals surface area contributed by atoms with Gasteiger partial charge in [0.05, 0.1) is 5.56 Å². The van der Waals surface area contributed by atoms with Gasteiger partial charge in [0.15, 0.2) is 11.6 Å². The van der Waals surface area contributed by atoms with Gasteiger partial charge in [-0.3, -0.25) is 4.79 Å². The average Bonchev–Trinajstić information content (AvgIpc) is 2.38. The number of carbonyl (C=O) groups excluding carboxylic acids is 1. The molecule has 0 saturated carbocycles. The van der Waals surface area contributed by atoms with Gasteiger partial charge in [0.1, 0.15) is 5.82 Å². The molecule has 2 aromatic rings. The van der Waals surface area contributed by atoms with E-state index in [1.165, 1.54) is 19.1 Å². The zero-order chi connectivity index (χ0) is 14.9. The molecule has 104 valence electrons. The number of halogens is 4. The van der Waals surface area contributed by atoms with Crippen molar-refractivity contribution in [3.63, 3.8) is 0 Å². The van der Waals surface area contributed by atoms with E-state index in [1.54, 1.807) is 0 Å². The summed E-state index contributed by atoms with van der Waals surface area (Å²) in [4.78, 5) is 16.9. The van der Waals surface area contributed by atoms with Crippen molar-refractivity contribution < 1.29 is 22.4 Å². The fourth-order valence-corrected chi connectivity index (χ4v) is 1.54. The van der Waals surface area contributed by atoms with Crippen LogP contribution in [0.2, 0.25) is 0 Å². The predicted molar refractivity (Wildman–Crippen MR) is 61.6 cm³/mol. The Bertz CT molecular complexity index is 647. The summed E-state index contributed by atoms with van der Waals surface area (Å²) in [5.74, 6) is -6.97. The summed E-state index contributed by atoms with van der Waals surface area (Å²) in [6.07, 6.45) is 0.978. The zero-order valence-corrected chi connectivity index (χ0v) is 10.0. The SMILES string of the molecule is CC(=O)Nc1ccc(-c2c(F)c(F)nc(F)c2F)cn1. The predicted octanol–water partition coefficient (Wildman–Crippen LogP) is 2.66. The molecule has 8 heteroatoms. The fourth-order valence-electron chi connectivity index (χ4n) is 1.54. The lowest BCUT2D eigenvalue weighted by molar-refractivity contribution is -0.114. The van der Waals surface area contributed by atoms with Crippen LogP contribution in [0, 0.1) is 23.5 Å². The van der Waals surface area contributed by atoms with Crippen LogP contribution in [0.3, 0.4) is 0 Å². The summed E-state index contributed by atoms with van der Waals surface area (Å²) in [6.45, 7) is 1.25. The molecule has 1 amide bonds. The topological polar surface area (TPSA) is 54.9 Å². The number of amides is 1. The van der Waals surface area contributed by atoms with E-state index in [0.717, 1.165) is 6.20 Å². The molecular formula is C12H7F4N3O. The van der Waals surface area contributed by atoms with E-state index in [0.29, 0.717) is 0 Å². The second kappa shape index (κ2) is 5.24. The Hall–Kier alpha value is -2.51. The Morgan fingerprint density at radius 1 is 1.10 bits per heavy atom. The third-order valence-corrected chi connectivity index (χ3v) is 2.35. The molecular weight excluding hydrogens is 278 g/mol. The number of hydrogen-bond donors (Lipinski definition) is 1. The fraction of sp³-hybridized carbons (Fsp3) is 0.0833. The second-order valence-electron chi connectivity index (χ2n) is 3.81. The minimum absolute atomic E-state index is 0.136. The van der Waals surface area contributed by atoms with Crippen LogP contribution in [0.4, 0.5) is 23.4 Å². The molecule has 0 aliphatic rings. The van der Waals surface area contributed by atoms with Crippen LogP contribution in [0.25, 0.3) is 11.1 Å². The minimum atomic E-state index is -1.75. The maximum absolute atomic E-state index is 13.5. The van der Waals surface area contributed by atoms with Crippen LogP contribution in [0.1, 0.15) is 6.92 Å². The van der Waals surface area contributed by atoms with E-state index in [1.807, 2.05) is 0 Å². The Labute approximate surface area is 110 Å². The third kappa shape index (κ3) is 2.58. The van der Waals surface area contributed by atoms with Gasteiger partial charge in [-0.2, -0.15) is 13.8 Å². The molecule has 0 fully saturated rings. The zero-order valence-electron chi connectivity index (χ0n) is 10.0. The molecule has 0 saturated heterocycles. The Balaban J connectivity index is 2.49. The standard InChI is InChI=1S/C12H7F4N3O/c1-5(20)18-7-3-2-6(4-17-7)8-9(13)11(15)19-12(16)10(8)14/h2-4H,1H3,(H,17,18,20). The van der Waals surface area contributed by atoms with Gasteiger partial charge in [-0.15, -0.1) is 0 Å². The van der Waals surface area contributed by atoms with E-state index in [4.69, 9.17) is 0 Å². The van der Waals surface area contributed by atoms with Crippen LogP contribution >= 0.6 is 0 Å². The van der Waals surface area contributed by atoms with Crippen molar-refractivity contribution in [3.05, 3.63) is 41.9 Å². The Morgan fingerprint density at radius 2 is 1.70 bits per heavy atom. The number of aromatic nitrogens is 2. The maximum Gasteiger partial charge on any atom is 0.252 e. The number of pyridine rings is 2. The van der Waals surface area contributed by atoms with Crippen molar-refractivity contribution in [3.8, 4) is 11.1 Å². The number of hydrogen-bond acceptors (Lipinski definition) is 3. The van der Waals surface area contributed by atoms with Crippen molar-refractivity contribution >= 4 is 11.7 Å². The van der Waals surface area contributed by atoms with Gasteiger partial charge in [0.2, 0.25) is 5.91 Å². The number of anilines is 1. The Kier molecular flexibility index (Phi) is 3.64. The third-order valence-electron chi connectivity index (χ3n) is 2.35. The smallest absolute Gasteiger partial charge is 0.252 e. The molecule has 0 aliphatic heterocycles. The van der Waals surface area contributed by atoms with Gasteiger partial charge in [-0.25, -0.2) is 13.8 Å². The van der Waals surface area contributed by atoms with Crippen molar-refractivity contribution in [2.45, 2.75) is 6.92 Å². The van der Waals surface area contributed by atoms with Gasteiger partial charge in [-0.1, -0.05) is 0 Å². The van der Waals surface area contributed by atoms with Crippen LogP contribution < -0.4 is 5.32 Å².